The number of benzene rings is 1. The van der Waals surface area contributed by atoms with Crippen molar-refractivity contribution in [3.05, 3.63) is 35.4 Å². The van der Waals surface area contributed by atoms with E-state index in [1.54, 1.807) is 0 Å². The number of rotatable bonds is 3. The number of sulfone groups is 1. The second-order valence-electron chi connectivity index (χ2n) is 7.04. The predicted molar refractivity (Wildman–Crippen MR) is 88.4 cm³/mol. The Balaban J connectivity index is 2.29. The van der Waals surface area contributed by atoms with Crippen molar-refractivity contribution in [2.45, 2.75) is 56.7 Å². The second-order valence-corrected chi connectivity index (χ2v) is 9.38. The molecule has 118 valence electrons. The lowest BCUT2D eigenvalue weighted by Gasteiger charge is -2.30. The zero-order valence-electron chi connectivity index (χ0n) is 13.5. The monoisotopic (exact) mass is 309 g/mol. The molecule has 1 fully saturated rings. The average molecular weight is 309 g/mol. The Morgan fingerprint density at radius 3 is 2.24 bits per heavy atom. The van der Waals surface area contributed by atoms with E-state index in [1.807, 2.05) is 7.05 Å². The molecular formula is C17H27NO2S. The summed E-state index contributed by atoms with van der Waals surface area (Å²) in [4.78, 5) is 0. The summed E-state index contributed by atoms with van der Waals surface area (Å²) in [5, 5.41) is 2.93. The summed E-state index contributed by atoms with van der Waals surface area (Å²) in [7, 11) is -1.13. The van der Waals surface area contributed by atoms with Crippen LogP contribution in [-0.4, -0.2) is 26.5 Å². The SMILES string of the molecule is CNC(c1ccc(C(C)(C)C)cc1)C1CCCCS1(=O)=O. The van der Waals surface area contributed by atoms with Crippen molar-refractivity contribution in [1.82, 2.24) is 5.32 Å². The first kappa shape index (κ1) is 16.5. The first-order chi connectivity index (χ1) is 9.75. The number of nitrogens with one attached hydrogen (secondary N) is 1. The molecule has 0 saturated carbocycles. The van der Waals surface area contributed by atoms with Gasteiger partial charge in [-0.3, -0.25) is 0 Å². The molecule has 0 spiro atoms. The highest BCUT2D eigenvalue weighted by Gasteiger charge is 2.35. The Hall–Kier alpha value is -0.870. The molecule has 21 heavy (non-hydrogen) atoms. The van der Waals surface area contributed by atoms with Gasteiger partial charge in [0.2, 0.25) is 0 Å². The van der Waals surface area contributed by atoms with Crippen molar-refractivity contribution >= 4 is 9.84 Å². The van der Waals surface area contributed by atoms with E-state index in [0.29, 0.717) is 5.75 Å². The van der Waals surface area contributed by atoms with Crippen LogP contribution in [0.15, 0.2) is 24.3 Å². The van der Waals surface area contributed by atoms with Crippen LogP contribution in [0.1, 0.15) is 57.2 Å². The molecule has 0 radical (unpaired) electrons. The third-order valence-corrected chi connectivity index (χ3v) is 6.74. The van der Waals surface area contributed by atoms with Gasteiger partial charge in [-0.15, -0.1) is 0 Å². The minimum Gasteiger partial charge on any atom is -0.312 e. The van der Waals surface area contributed by atoms with Crippen LogP contribution in [0.3, 0.4) is 0 Å². The molecule has 0 aromatic heterocycles. The van der Waals surface area contributed by atoms with E-state index in [1.165, 1.54) is 5.56 Å². The summed E-state index contributed by atoms with van der Waals surface area (Å²) >= 11 is 0. The van der Waals surface area contributed by atoms with Crippen LogP contribution in [0.25, 0.3) is 0 Å². The summed E-state index contributed by atoms with van der Waals surface area (Å²) in [6.45, 7) is 6.55. The number of hydrogen-bond acceptors (Lipinski definition) is 3. The molecule has 4 heteroatoms. The quantitative estimate of drug-likeness (QED) is 0.932. The zero-order valence-corrected chi connectivity index (χ0v) is 14.3. The maximum atomic E-state index is 12.3. The Morgan fingerprint density at radius 2 is 1.76 bits per heavy atom. The minimum absolute atomic E-state index is 0.107. The van der Waals surface area contributed by atoms with Crippen molar-refractivity contribution in [3.63, 3.8) is 0 Å². The lowest BCUT2D eigenvalue weighted by atomic mass is 9.86. The van der Waals surface area contributed by atoms with Crippen LogP contribution >= 0.6 is 0 Å². The zero-order chi connectivity index (χ0) is 15.7. The Bertz CT molecular complexity index is 570. The molecule has 1 heterocycles. The predicted octanol–water partition coefficient (Wildman–Crippen LogP) is 3.21. The Morgan fingerprint density at radius 1 is 1.14 bits per heavy atom. The highest BCUT2D eigenvalue weighted by molar-refractivity contribution is 7.92. The van der Waals surface area contributed by atoms with Crippen molar-refractivity contribution in [2.24, 2.45) is 0 Å². The van der Waals surface area contributed by atoms with Gasteiger partial charge in [-0.2, -0.15) is 0 Å². The molecule has 2 rings (SSSR count). The second kappa shape index (κ2) is 6.09. The molecule has 1 N–H and O–H groups in total. The lowest BCUT2D eigenvalue weighted by molar-refractivity contribution is 0.469. The maximum absolute atomic E-state index is 12.3. The third kappa shape index (κ3) is 3.67. The van der Waals surface area contributed by atoms with Crippen molar-refractivity contribution in [3.8, 4) is 0 Å². The molecule has 0 aliphatic carbocycles. The van der Waals surface area contributed by atoms with E-state index in [9.17, 15) is 8.42 Å². The summed E-state index contributed by atoms with van der Waals surface area (Å²) in [5.74, 6) is 0.329. The smallest absolute Gasteiger partial charge is 0.155 e. The maximum Gasteiger partial charge on any atom is 0.155 e. The van der Waals surface area contributed by atoms with Gasteiger partial charge in [-0.25, -0.2) is 8.42 Å². The molecule has 1 aromatic rings. The van der Waals surface area contributed by atoms with Crippen LogP contribution in [0.2, 0.25) is 0 Å². The minimum atomic E-state index is -2.98. The van der Waals surface area contributed by atoms with Gasteiger partial charge in [0, 0.05) is 6.04 Å². The van der Waals surface area contributed by atoms with Crippen LogP contribution in [0, 0.1) is 0 Å². The standard InChI is InChI=1S/C17H27NO2S/c1-17(2,3)14-10-8-13(9-11-14)16(18-4)15-7-5-6-12-21(15,19)20/h8-11,15-16,18H,5-7,12H2,1-4H3. The van der Waals surface area contributed by atoms with Gasteiger partial charge in [-0.1, -0.05) is 51.5 Å². The highest BCUT2D eigenvalue weighted by atomic mass is 32.2. The van der Waals surface area contributed by atoms with Gasteiger partial charge in [0.05, 0.1) is 11.0 Å². The van der Waals surface area contributed by atoms with Crippen molar-refractivity contribution in [1.29, 1.82) is 0 Å². The van der Waals surface area contributed by atoms with E-state index < -0.39 is 9.84 Å². The normalized spacial score (nSPS) is 23.7. The van der Waals surface area contributed by atoms with Crippen LogP contribution in [0.4, 0.5) is 0 Å². The van der Waals surface area contributed by atoms with Crippen molar-refractivity contribution in [2.75, 3.05) is 12.8 Å². The fourth-order valence-corrected chi connectivity index (χ4v) is 5.25. The van der Waals surface area contributed by atoms with Gasteiger partial charge in [0.15, 0.2) is 9.84 Å². The number of hydrogen-bond donors (Lipinski definition) is 1. The fraction of sp³-hybridized carbons (Fsp3) is 0.647. The molecule has 1 saturated heterocycles. The van der Waals surface area contributed by atoms with Gasteiger partial charge < -0.3 is 5.32 Å². The van der Waals surface area contributed by atoms with E-state index in [4.69, 9.17) is 0 Å². The van der Waals surface area contributed by atoms with E-state index in [-0.39, 0.29) is 16.7 Å². The first-order valence-electron chi connectivity index (χ1n) is 7.75. The molecule has 3 nitrogen and oxygen atoms in total. The molecule has 2 atom stereocenters. The molecule has 1 aliphatic heterocycles. The van der Waals surface area contributed by atoms with Crippen LogP contribution < -0.4 is 5.32 Å². The van der Waals surface area contributed by atoms with E-state index >= 15 is 0 Å². The van der Waals surface area contributed by atoms with Crippen LogP contribution in [0.5, 0.6) is 0 Å². The van der Waals surface area contributed by atoms with Crippen LogP contribution in [-0.2, 0) is 15.3 Å². The van der Waals surface area contributed by atoms with E-state index in [2.05, 4.69) is 50.4 Å². The average Bonchev–Trinajstić information content (AvgIpc) is 2.41. The summed E-state index contributed by atoms with van der Waals surface area (Å²) in [5.41, 5.74) is 2.46. The lowest BCUT2D eigenvalue weighted by Crippen LogP contribution is -2.39. The van der Waals surface area contributed by atoms with Gasteiger partial charge in [0.25, 0.3) is 0 Å². The molecule has 0 amide bonds. The largest absolute Gasteiger partial charge is 0.312 e. The fourth-order valence-electron chi connectivity index (χ4n) is 3.11. The summed E-state index contributed by atoms with van der Waals surface area (Å²) < 4.78 is 24.7. The topological polar surface area (TPSA) is 46.2 Å². The summed E-state index contributed by atoms with van der Waals surface area (Å²) in [6, 6.07) is 8.28. The Labute approximate surface area is 129 Å². The van der Waals surface area contributed by atoms with Gasteiger partial charge in [0.1, 0.15) is 0 Å². The molecule has 1 aliphatic rings. The summed E-state index contributed by atoms with van der Waals surface area (Å²) in [6.07, 6.45) is 2.56. The van der Waals surface area contributed by atoms with Gasteiger partial charge in [-0.05, 0) is 36.4 Å². The van der Waals surface area contributed by atoms with E-state index in [0.717, 1.165) is 24.8 Å². The first-order valence-corrected chi connectivity index (χ1v) is 9.46. The van der Waals surface area contributed by atoms with Crippen molar-refractivity contribution < 1.29 is 8.42 Å². The Kier molecular flexibility index (Phi) is 4.79. The highest BCUT2D eigenvalue weighted by Crippen LogP contribution is 2.31. The molecular weight excluding hydrogens is 282 g/mol. The molecule has 0 bridgehead atoms. The van der Waals surface area contributed by atoms with Gasteiger partial charge >= 0.3 is 0 Å². The third-order valence-electron chi connectivity index (χ3n) is 4.45. The molecule has 2 unspecified atom stereocenters. The molecule has 1 aromatic carbocycles.